The van der Waals surface area contributed by atoms with Crippen molar-refractivity contribution >= 4 is 10.9 Å². The minimum absolute atomic E-state index is 0.249. The predicted octanol–water partition coefficient (Wildman–Crippen LogP) is 0.844. The average molecular weight is 204 g/mol. The van der Waals surface area contributed by atoms with E-state index in [2.05, 4.69) is 4.98 Å². The van der Waals surface area contributed by atoms with Gasteiger partial charge in [0, 0.05) is 7.05 Å². The van der Waals surface area contributed by atoms with E-state index in [1.54, 1.807) is 6.07 Å². The van der Waals surface area contributed by atoms with E-state index in [1.165, 1.54) is 7.05 Å². The van der Waals surface area contributed by atoms with Gasteiger partial charge in [-0.2, -0.15) is 0 Å². The van der Waals surface area contributed by atoms with E-state index in [0.29, 0.717) is 10.9 Å². The van der Waals surface area contributed by atoms with Crippen LogP contribution in [0.25, 0.3) is 10.9 Å². The molecule has 0 saturated heterocycles. The van der Waals surface area contributed by atoms with Gasteiger partial charge in [0.1, 0.15) is 0 Å². The van der Waals surface area contributed by atoms with Gasteiger partial charge in [0.15, 0.2) is 0 Å². The molecule has 4 heteroatoms. The molecule has 0 saturated carbocycles. The summed E-state index contributed by atoms with van der Waals surface area (Å²) in [7, 11) is 1.47. The standard InChI is InChI=1S/C11H12N2O2/c1-6-4-7(2)9-8(5-6)10(14)13(3)11(15)12-9/h4-5H,1-3H3,(H,12,15). The van der Waals surface area contributed by atoms with E-state index < -0.39 is 0 Å². The number of aryl methyl sites for hydroxylation is 2. The molecule has 15 heavy (non-hydrogen) atoms. The normalized spacial score (nSPS) is 10.9. The second kappa shape index (κ2) is 3.08. The number of nitrogens with one attached hydrogen (secondary N) is 1. The van der Waals surface area contributed by atoms with E-state index in [9.17, 15) is 9.59 Å². The summed E-state index contributed by atoms with van der Waals surface area (Å²) in [5.74, 6) is 0. The van der Waals surface area contributed by atoms with Crippen molar-refractivity contribution in [3.63, 3.8) is 0 Å². The Hall–Kier alpha value is -1.84. The molecule has 4 nitrogen and oxygen atoms in total. The Morgan fingerprint density at radius 1 is 1.20 bits per heavy atom. The maximum atomic E-state index is 11.8. The number of H-pyrrole nitrogens is 1. The van der Waals surface area contributed by atoms with Crippen molar-refractivity contribution < 1.29 is 0 Å². The van der Waals surface area contributed by atoms with Gasteiger partial charge in [-0.25, -0.2) is 4.79 Å². The van der Waals surface area contributed by atoms with Crippen molar-refractivity contribution in [2.75, 3.05) is 0 Å². The van der Waals surface area contributed by atoms with Crippen molar-refractivity contribution in [3.8, 4) is 0 Å². The van der Waals surface area contributed by atoms with Crippen molar-refractivity contribution in [3.05, 3.63) is 44.1 Å². The zero-order valence-electron chi connectivity index (χ0n) is 8.92. The van der Waals surface area contributed by atoms with Crippen LogP contribution in [0.15, 0.2) is 21.7 Å². The molecule has 0 bridgehead atoms. The van der Waals surface area contributed by atoms with E-state index >= 15 is 0 Å². The highest BCUT2D eigenvalue weighted by Gasteiger charge is 2.06. The van der Waals surface area contributed by atoms with Gasteiger partial charge < -0.3 is 4.98 Å². The lowest BCUT2D eigenvalue weighted by Crippen LogP contribution is -2.32. The Kier molecular flexibility index (Phi) is 2.00. The van der Waals surface area contributed by atoms with Crippen LogP contribution in [0.2, 0.25) is 0 Å². The molecular weight excluding hydrogens is 192 g/mol. The lowest BCUT2D eigenvalue weighted by molar-refractivity contribution is 0.793. The van der Waals surface area contributed by atoms with E-state index in [0.717, 1.165) is 15.7 Å². The summed E-state index contributed by atoms with van der Waals surface area (Å²) in [6, 6.07) is 3.73. The van der Waals surface area contributed by atoms with Gasteiger partial charge in [0.25, 0.3) is 5.56 Å². The summed E-state index contributed by atoms with van der Waals surface area (Å²) in [4.78, 5) is 25.9. The highest BCUT2D eigenvalue weighted by atomic mass is 16.2. The molecular formula is C11H12N2O2. The average Bonchev–Trinajstić information content (AvgIpc) is 2.17. The second-order valence-electron chi connectivity index (χ2n) is 3.80. The molecule has 0 aliphatic heterocycles. The summed E-state index contributed by atoms with van der Waals surface area (Å²) in [6.45, 7) is 3.81. The summed E-state index contributed by atoms with van der Waals surface area (Å²) >= 11 is 0. The molecule has 1 heterocycles. The first kappa shape index (κ1) is 9.71. The largest absolute Gasteiger partial charge is 0.328 e. The van der Waals surface area contributed by atoms with Gasteiger partial charge in [-0.3, -0.25) is 9.36 Å². The van der Waals surface area contributed by atoms with Crippen LogP contribution in [0.3, 0.4) is 0 Å². The van der Waals surface area contributed by atoms with Crippen LogP contribution in [-0.4, -0.2) is 9.55 Å². The lowest BCUT2D eigenvalue weighted by atomic mass is 10.1. The van der Waals surface area contributed by atoms with E-state index in [-0.39, 0.29) is 11.2 Å². The summed E-state index contributed by atoms with van der Waals surface area (Å²) in [5, 5.41) is 0.564. The van der Waals surface area contributed by atoms with Crippen molar-refractivity contribution in [1.29, 1.82) is 0 Å². The van der Waals surface area contributed by atoms with Gasteiger partial charge in [-0.15, -0.1) is 0 Å². The quantitative estimate of drug-likeness (QED) is 0.691. The minimum Gasteiger partial charge on any atom is -0.306 e. The zero-order valence-corrected chi connectivity index (χ0v) is 8.92. The van der Waals surface area contributed by atoms with Gasteiger partial charge in [0.05, 0.1) is 10.9 Å². The van der Waals surface area contributed by atoms with Crippen molar-refractivity contribution in [2.24, 2.45) is 7.05 Å². The van der Waals surface area contributed by atoms with Crippen LogP contribution in [0.4, 0.5) is 0 Å². The summed E-state index contributed by atoms with van der Waals surface area (Å²) in [6.07, 6.45) is 0. The van der Waals surface area contributed by atoms with Crippen molar-refractivity contribution in [2.45, 2.75) is 13.8 Å². The first-order valence-corrected chi connectivity index (χ1v) is 4.71. The second-order valence-corrected chi connectivity index (χ2v) is 3.80. The first-order chi connectivity index (χ1) is 7.00. The molecule has 0 fully saturated rings. The Morgan fingerprint density at radius 3 is 2.53 bits per heavy atom. The molecule has 0 spiro atoms. The summed E-state index contributed by atoms with van der Waals surface area (Å²) in [5.41, 5.74) is 1.94. The van der Waals surface area contributed by atoms with Crippen LogP contribution in [0, 0.1) is 13.8 Å². The van der Waals surface area contributed by atoms with Crippen LogP contribution in [-0.2, 0) is 7.05 Å². The molecule has 0 aliphatic rings. The molecule has 78 valence electrons. The van der Waals surface area contributed by atoms with Gasteiger partial charge in [-0.05, 0) is 31.0 Å². The van der Waals surface area contributed by atoms with Gasteiger partial charge in [0.2, 0.25) is 0 Å². The number of hydrogen-bond acceptors (Lipinski definition) is 2. The lowest BCUT2D eigenvalue weighted by Gasteiger charge is -2.04. The van der Waals surface area contributed by atoms with E-state index in [4.69, 9.17) is 0 Å². The minimum atomic E-state index is -0.376. The first-order valence-electron chi connectivity index (χ1n) is 4.71. The zero-order chi connectivity index (χ0) is 11.2. The van der Waals surface area contributed by atoms with Gasteiger partial charge in [-0.1, -0.05) is 6.07 Å². The molecule has 0 radical (unpaired) electrons. The monoisotopic (exact) mass is 204 g/mol. The smallest absolute Gasteiger partial charge is 0.306 e. The maximum absolute atomic E-state index is 11.8. The SMILES string of the molecule is Cc1cc(C)c2[nH]c(=O)n(C)c(=O)c2c1. The molecule has 1 N–H and O–H groups in total. The number of aromatic amines is 1. The third kappa shape index (κ3) is 1.38. The maximum Gasteiger partial charge on any atom is 0.328 e. The highest BCUT2D eigenvalue weighted by molar-refractivity contribution is 5.81. The molecule has 1 aromatic heterocycles. The number of nitrogens with zero attached hydrogens (tertiary/aromatic N) is 1. The number of aromatic nitrogens is 2. The fraction of sp³-hybridized carbons (Fsp3) is 0.273. The van der Waals surface area contributed by atoms with Gasteiger partial charge >= 0.3 is 5.69 Å². The Bertz CT molecular complexity index is 650. The molecule has 0 amide bonds. The fourth-order valence-corrected chi connectivity index (χ4v) is 1.77. The number of benzene rings is 1. The van der Waals surface area contributed by atoms with Crippen LogP contribution >= 0.6 is 0 Å². The Labute approximate surface area is 86.2 Å². The topological polar surface area (TPSA) is 54.9 Å². The number of rotatable bonds is 0. The summed E-state index contributed by atoms with van der Waals surface area (Å²) < 4.78 is 1.08. The van der Waals surface area contributed by atoms with Crippen LogP contribution < -0.4 is 11.2 Å². The number of hydrogen-bond donors (Lipinski definition) is 1. The third-order valence-electron chi connectivity index (χ3n) is 2.55. The fourth-order valence-electron chi connectivity index (χ4n) is 1.77. The Balaban J connectivity index is 3.13. The predicted molar refractivity (Wildman–Crippen MR) is 59.3 cm³/mol. The van der Waals surface area contributed by atoms with Crippen LogP contribution in [0.5, 0.6) is 0 Å². The molecule has 0 aliphatic carbocycles. The van der Waals surface area contributed by atoms with Crippen molar-refractivity contribution in [1.82, 2.24) is 9.55 Å². The van der Waals surface area contributed by atoms with E-state index in [1.807, 2.05) is 19.9 Å². The highest BCUT2D eigenvalue weighted by Crippen LogP contribution is 2.13. The molecule has 0 unspecified atom stereocenters. The van der Waals surface area contributed by atoms with Crippen LogP contribution in [0.1, 0.15) is 11.1 Å². The Morgan fingerprint density at radius 2 is 1.87 bits per heavy atom. The number of fused-ring (bicyclic) bond motifs is 1. The molecule has 0 atom stereocenters. The molecule has 2 rings (SSSR count). The third-order valence-corrected chi connectivity index (χ3v) is 2.55. The molecule has 2 aromatic rings. The molecule has 1 aromatic carbocycles.